The van der Waals surface area contributed by atoms with E-state index < -0.39 is 72.0 Å². The van der Waals surface area contributed by atoms with Crippen molar-refractivity contribution in [2.45, 2.75) is 56.0 Å². The number of nitrogens with one attached hydrogen (secondary N) is 1. The van der Waals surface area contributed by atoms with Crippen LogP contribution in [0.4, 0.5) is 5.69 Å². The van der Waals surface area contributed by atoms with Crippen LogP contribution in [0.25, 0.3) is 0 Å². The Balaban J connectivity index is 1.36. The van der Waals surface area contributed by atoms with Crippen molar-refractivity contribution in [1.29, 1.82) is 0 Å². The summed E-state index contributed by atoms with van der Waals surface area (Å²) in [6.07, 6.45) is 7.03. The zero-order valence-electron chi connectivity index (χ0n) is 28.2. The summed E-state index contributed by atoms with van der Waals surface area (Å²) >= 11 is 6.78. The molecule has 2 saturated heterocycles. The molecule has 2 fully saturated rings. The van der Waals surface area contributed by atoms with Crippen LogP contribution < -0.4 is 10.2 Å². The first-order chi connectivity index (χ1) is 24.7. The number of ether oxygens (including phenoxy) is 2. The van der Waals surface area contributed by atoms with E-state index in [0.29, 0.717) is 17.1 Å². The summed E-state index contributed by atoms with van der Waals surface area (Å²) in [6.45, 7) is 1.39. The van der Waals surface area contributed by atoms with Crippen LogP contribution in [0.3, 0.4) is 0 Å². The van der Waals surface area contributed by atoms with Crippen LogP contribution in [0, 0.1) is 18.8 Å². The molecule has 0 aliphatic carbocycles. The number of aliphatic hydroxyl groups excluding tert-OH is 1. The smallest absolute Gasteiger partial charge is 0.306 e. The minimum atomic E-state index is -1.50. The number of aliphatic hydroxyl groups is 1. The van der Waals surface area contributed by atoms with Crippen LogP contribution in [0.2, 0.25) is 5.02 Å². The maximum absolute atomic E-state index is 15.3. The molecule has 0 radical (unpaired) electrons. The number of para-hydroxylation sites is 1. The number of halogens is 1. The molecule has 7 rings (SSSR count). The average molecular weight is 710 g/mol. The Bertz CT molecular complexity index is 1850. The maximum Gasteiger partial charge on any atom is 0.306 e. The Labute approximate surface area is 301 Å². The van der Waals surface area contributed by atoms with E-state index in [1.807, 2.05) is 73.7 Å². The Hall–Kier alpha value is -4.77. The standard InChI is InChI=1S/C40H40ClN3O7/c1-25-12-11-17-29(41)35(25)43-21-10-4-9-18-32(46)50-24-30(27-15-7-3-8-16-27)42-37(47)33-31-19-20-40(51-31)34(33)38(48)44(36(40)39(43)49)28(23-45)22-26-13-5-2-6-14-26/h2-8,10-17,19-20,28,30-31,33-34,36,45H,9,18,21-24H2,1H3,(H,42,47)/b10-4-/t28-,30-,31-,33+,34+,36-,40+/m1/s1. The van der Waals surface area contributed by atoms with Crippen molar-refractivity contribution in [3.05, 3.63) is 125 Å². The predicted molar refractivity (Wildman–Crippen MR) is 191 cm³/mol. The van der Waals surface area contributed by atoms with Gasteiger partial charge in [-0.25, -0.2) is 0 Å². The fourth-order valence-electron chi connectivity index (χ4n) is 8.04. The van der Waals surface area contributed by atoms with Gasteiger partial charge in [-0.1, -0.05) is 109 Å². The van der Waals surface area contributed by atoms with Crippen molar-refractivity contribution < 1.29 is 33.8 Å². The van der Waals surface area contributed by atoms with Crippen molar-refractivity contribution in [2.75, 3.05) is 24.7 Å². The molecular weight excluding hydrogens is 670 g/mol. The van der Waals surface area contributed by atoms with Gasteiger partial charge in [0.1, 0.15) is 18.2 Å². The van der Waals surface area contributed by atoms with E-state index in [-0.39, 0.29) is 26.0 Å². The number of anilines is 1. The van der Waals surface area contributed by atoms with Crippen molar-refractivity contribution in [3.8, 4) is 0 Å². The third-order valence-corrected chi connectivity index (χ3v) is 10.7. The predicted octanol–water partition coefficient (Wildman–Crippen LogP) is 4.49. The van der Waals surface area contributed by atoms with Crippen molar-refractivity contribution in [2.24, 2.45) is 11.8 Å². The van der Waals surface area contributed by atoms with Crippen LogP contribution in [0.1, 0.15) is 35.6 Å². The normalized spacial score (nSPS) is 29.1. The van der Waals surface area contributed by atoms with Gasteiger partial charge < -0.3 is 29.7 Å². The summed E-state index contributed by atoms with van der Waals surface area (Å²) < 4.78 is 12.3. The van der Waals surface area contributed by atoms with Gasteiger partial charge in [0, 0.05) is 13.0 Å². The number of esters is 1. The van der Waals surface area contributed by atoms with E-state index in [1.165, 1.54) is 9.80 Å². The highest BCUT2D eigenvalue weighted by Crippen LogP contribution is 2.56. The van der Waals surface area contributed by atoms with Gasteiger partial charge in [-0.15, -0.1) is 0 Å². The van der Waals surface area contributed by atoms with Crippen molar-refractivity contribution in [3.63, 3.8) is 0 Å². The van der Waals surface area contributed by atoms with Gasteiger partial charge in [0.25, 0.3) is 5.91 Å². The molecule has 0 aromatic heterocycles. The number of hydrogen-bond acceptors (Lipinski definition) is 7. The van der Waals surface area contributed by atoms with Crippen LogP contribution in [0.15, 0.2) is 103 Å². The maximum atomic E-state index is 15.3. The molecular formula is C40H40ClN3O7. The lowest BCUT2D eigenvalue weighted by Gasteiger charge is -2.39. The van der Waals surface area contributed by atoms with Crippen LogP contribution in [-0.2, 0) is 35.1 Å². The molecule has 4 aliphatic heterocycles. The van der Waals surface area contributed by atoms with Gasteiger partial charge in [0.15, 0.2) is 0 Å². The number of nitrogens with zero attached hydrogens (tertiary/aromatic N) is 2. The number of carbonyl (C=O) groups is 4. The summed E-state index contributed by atoms with van der Waals surface area (Å²) in [4.78, 5) is 60.4. The number of amides is 3. The second-order valence-electron chi connectivity index (χ2n) is 13.5. The summed E-state index contributed by atoms with van der Waals surface area (Å²) in [5, 5.41) is 14.3. The third kappa shape index (κ3) is 6.37. The van der Waals surface area contributed by atoms with Gasteiger partial charge in [-0.05, 0) is 42.5 Å². The Morgan fingerprint density at radius 3 is 2.43 bits per heavy atom. The van der Waals surface area contributed by atoms with E-state index in [4.69, 9.17) is 21.1 Å². The molecule has 3 aromatic carbocycles. The number of carbonyl (C=O) groups excluding carboxylic acids is 4. The molecule has 4 heterocycles. The number of cyclic esters (lactones) is 1. The first kappa shape index (κ1) is 34.7. The highest BCUT2D eigenvalue weighted by Gasteiger charge is 2.74. The zero-order valence-corrected chi connectivity index (χ0v) is 28.9. The number of hydrogen-bond donors (Lipinski definition) is 2. The molecule has 0 unspecified atom stereocenters. The van der Waals surface area contributed by atoms with E-state index in [0.717, 1.165) is 16.7 Å². The molecule has 2 N–H and O–H groups in total. The summed E-state index contributed by atoms with van der Waals surface area (Å²) in [7, 11) is 0. The molecule has 3 amide bonds. The second kappa shape index (κ2) is 14.5. The van der Waals surface area contributed by atoms with Gasteiger partial charge in [0.05, 0.1) is 47.3 Å². The molecule has 10 nitrogen and oxygen atoms in total. The fourth-order valence-corrected chi connectivity index (χ4v) is 8.37. The Morgan fingerprint density at radius 2 is 1.71 bits per heavy atom. The molecule has 5 bridgehead atoms. The summed E-state index contributed by atoms with van der Waals surface area (Å²) in [5.74, 6) is -3.87. The number of benzene rings is 3. The minimum absolute atomic E-state index is 0.0767. The van der Waals surface area contributed by atoms with Crippen LogP contribution in [0.5, 0.6) is 0 Å². The third-order valence-electron chi connectivity index (χ3n) is 10.4. The number of fused-ring (bicyclic) bond motifs is 2. The Morgan fingerprint density at radius 1 is 0.961 bits per heavy atom. The molecule has 4 aliphatic rings. The monoisotopic (exact) mass is 709 g/mol. The molecule has 51 heavy (non-hydrogen) atoms. The minimum Gasteiger partial charge on any atom is -0.463 e. The summed E-state index contributed by atoms with van der Waals surface area (Å²) in [6, 6.07) is 21.2. The van der Waals surface area contributed by atoms with E-state index >= 15 is 4.79 Å². The number of rotatable bonds is 6. The molecule has 0 saturated carbocycles. The lowest BCUT2D eigenvalue weighted by molar-refractivity contribution is -0.146. The highest BCUT2D eigenvalue weighted by molar-refractivity contribution is 6.34. The first-order valence-electron chi connectivity index (χ1n) is 17.3. The fraction of sp³-hybridized carbons (Fsp3) is 0.350. The van der Waals surface area contributed by atoms with E-state index in [2.05, 4.69) is 5.32 Å². The molecule has 264 valence electrons. The van der Waals surface area contributed by atoms with E-state index in [1.54, 1.807) is 36.4 Å². The quantitative estimate of drug-likeness (QED) is 0.286. The lowest BCUT2D eigenvalue weighted by Crippen LogP contribution is -2.59. The topological polar surface area (TPSA) is 125 Å². The molecule has 7 atom stereocenters. The van der Waals surface area contributed by atoms with Gasteiger partial charge >= 0.3 is 5.97 Å². The number of likely N-dealkylation sites (tertiary alicyclic amines) is 1. The first-order valence-corrected chi connectivity index (χ1v) is 17.7. The van der Waals surface area contributed by atoms with Crippen LogP contribution in [-0.4, -0.2) is 77.2 Å². The van der Waals surface area contributed by atoms with Gasteiger partial charge in [0.2, 0.25) is 11.8 Å². The second-order valence-corrected chi connectivity index (χ2v) is 13.9. The number of aryl methyl sites for hydroxylation is 1. The van der Waals surface area contributed by atoms with Crippen molar-refractivity contribution >= 4 is 41.0 Å². The van der Waals surface area contributed by atoms with Gasteiger partial charge in [-0.2, -0.15) is 0 Å². The van der Waals surface area contributed by atoms with Gasteiger partial charge in [-0.3, -0.25) is 19.2 Å². The van der Waals surface area contributed by atoms with Crippen LogP contribution >= 0.6 is 11.6 Å². The summed E-state index contributed by atoms with van der Waals surface area (Å²) in [5.41, 5.74) is 1.32. The average Bonchev–Trinajstić information content (AvgIpc) is 3.78. The molecule has 3 aromatic rings. The lowest BCUT2D eigenvalue weighted by atomic mass is 9.74. The molecule has 11 heteroatoms. The van der Waals surface area contributed by atoms with Crippen molar-refractivity contribution in [1.82, 2.24) is 10.2 Å². The SMILES string of the molecule is Cc1cccc(Cl)c1N1C/C=C\CCC(=O)OC[C@H](c2ccccc2)NC(=O)[C@@H]2[C@H]3C(=O)N([C@@H](CO)Cc4ccccc4)[C@H](C1=O)[C@]31C=C[C@H]2O1. The molecule has 1 spiro atoms. The zero-order chi connectivity index (χ0) is 35.7. The highest BCUT2D eigenvalue weighted by atomic mass is 35.5. The van der Waals surface area contributed by atoms with E-state index in [9.17, 15) is 19.5 Å². The number of allylic oxidation sites excluding steroid dienone is 1. The largest absolute Gasteiger partial charge is 0.463 e. The Kier molecular flexibility index (Phi) is 9.83.